The second-order valence-corrected chi connectivity index (χ2v) is 5.01. The third kappa shape index (κ3) is 1.34. The van der Waals surface area contributed by atoms with E-state index >= 15 is 0 Å². The highest BCUT2D eigenvalue weighted by molar-refractivity contribution is 5.51. The van der Waals surface area contributed by atoms with Crippen LogP contribution in [0.4, 0.5) is 0 Å². The molecule has 0 amide bonds. The Balaban J connectivity index is 2.77. The van der Waals surface area contributed by atoms with E-state index in [-0.39, 0.29) is 5.41 Å². The highest BCUT2D eigenvalue weighted by Crippen LogP contribution is 2.40. The summed E-state index contributed by atoms with van der Waals surface area (Å²) < 4.78 is 0. The second kappa shape index (κ2) is 3.06. The number of fused-ring (bicyclic) bond motifs is 1. The van der Waals surface area contributed by atoms with Crippen molar-refractivity contribution in [3.63, 3.8) is 0 Å². The Hall–Kier alpha value is -1.36. The molecule has 0 atom stereocenters. The molecule has 2 rings (SSSR count). The average Bonchev–Trinajstić information content (AvgIpc) is 2.42. The molecule has 1 aliphatic rings. The minimum Gasteiger partial charge on any atom is -0.256 e. The zero-order valence-electron chi connectivity index (χ0n) is 9.81. The van der Waals surface area contributed by atoms with Crippen LogP contribution in [0.3, 0.4) is 0 Å². The Morgan fingerprint density at radius 1 is 1.33 bits per heavy atom. The van der Waals surface area contributed by atoms with Gasteiger partial charge in [-0.1, -0.05) is 13.8 Å². The molecule has 1 aromatic heterocycles. The summed E-state index contributed by atoms with van der Waals surface area (Å²) in [4.78, 5) is 4.56. The van der Waals surface area contributed by atoms with E-state index in [4.69, 9.17) is 5.26 Å². The lowest BCUT2D eigenvalue weighted by atomic mass is 9.83. The van der Waals surface area contributed by atoms with Crippen LogP contribution < -0.4 is 0 Å². The van der Waals surface area contributed by atoms with Crippen LogP contribution in [0.2, 0.25) is 0 Å². The van der Waals surface area contributed by atoms with Crippen molar-refractivity contribution in [1.29, 1.82) is 5.26 Å². The highest BCUT2D eigenvalue weighted by atomic mass is 14.7. The molecular formula is C13H16N2. The molecule has 0 bridgehead atoms. The molecule has 1 aliphatic carbocycles. The smallest absolute Gasteiger partial charge is 0.101 e. The van der Waals surface area contributed by atoms with Gasteiger partial charge >= 0.3 is 0 Å². The maximum Gasteiger partial charge on any atom is 0.101 e. The zero-order valence-corrected chi connectivity index (χ0v) is 9.81. The largest absolute Gasteiger partial charge is 0.256 e. The molecule has 2 nitrogen and oxygen atoms in total. The molecule has 0 N–H and O–H groups in total. The highest BCUT2D eigenvalue weighted by Gasteiger charge is 2.33. The summed E-state index contributed by atoms with van der Waals surface area (Å²) in [6, 6.07) is 2.27. The van der Waals surface area contributed by atoms with Crippen molar-refractivity contribution in [3.8, 4) is 6.07 Å². The van der Waals surface area contributed by atoms with Crippen molar-refractivity contribution in [3.05, 3.63) is 28.1 Å². The first-order valence-corrected chi connectivity index (χ1v) is 5.38. The predicted octanol–water partition coefficient (Wildman–Crippen LogP) is 2.79. The average molecular weight is 200 g/mol. The van der Waals surface area contributed by atoms with E-state index in [2.05, 4.69) is 31.8 Å². The summed E-state index contributed by atoms with van der Waals surface area (Å²) in [5.41, 5.74) is 5.49. The maximum absolute atomic E-state index is 9.11. The number of rotatable bonds is 0. The molecule has 2 heteroatoms. The molecule has 1 aromatic rings. The van der Waals surface area contributed by atoms with E-state index in [1.807, 2.05) is 6.92 Å². The van der Waals surface area contributed by atoms with E-state index in [0.717, 1.165) is 29.7 Å². The SMILES string of the molecule is Cc1nc2c(c(C)c1C#N)C(C)(C)CC2. The number of pyridine rings is 1. The van der Waals surface area contributed by atoms with Gasteiger partial charge in [0.15, 0.2) is 0 Å². The van der Waals surface area contributed by atoms with E-state index in [1.165, 1.54) is 11.3 Å². The van der Waals surface area contributed by atoms with Crippen LogP contribution >= 0.6 is 0 Å². The summed E-state index contributed by atoms with van der Waals surface area (Å²) in [7, 11) is 0. The molecule has 0 spiro atoms. The Morgan fingerprint density at radius 2 is 2.00 bits per heavy atom. The number of aryl methyl sites for hydroxylation is 2. The quantitative estimate of drug-likeness (QED) is 0.645. The van der Waals surface area contributed by atoms with Gasteiger partial charge in [-0.15, -0.1) is 0 Å². The first kappa shape index (κ1) is 10.2. The Labute approximate surface area is 91.0 Å². The monoisotopic (exact) mass is 200 g/mol. The lowest BCUT2D eigenvalue weighted by Crippen LogP contribution is -2.15. The summed E-state index contributed by atoms with van der Waals surface area (Å²) in [6.45, 7) is 8.46. The van der Waals surface area contributed by atoms with Gasteiger partial charge in [-0.3, -0.25) is 4.98 Å². The van der Waals surface area contributed by atoms with Crippen molar-refractivity contribution >= 4 is 0 Å². The van der Waals surface area contributed by atoms with Crippen LogP contribution in [0, 0.1) is 25.2 Å². The third-order valence-corrected chi connectivity index (χ3v) is 3.48. The molecule has 0 unspecified atom stereocenters. The molecular weight excluding hydrogens is 184 g/mol. The van der Waals surface area contributed by atoms with Gasteiger partial charge < -0.3 is 0 Å². The van der Waals surface area contributed by atoms with E-state index in [9.17, 15) is 0 Å². The molecule has 15 heavy (non-hydrogen) atoms. The van der Waals surface area contributed by atoms with Gasteiger partial charge in [0.1, 0.15) is 6.07 Å². The van der Waals surface area contributed by atoms with Crippen LogP contribution in [0.25, 0.3) is 0 Å². The minimum atomic E-state index is 0.186. The van der Waals surface area contributed by atoms with Gasteiger partial charge in [0.2, 0.25) is 0 Å². The molecule has 0 aliphatic heterocycles. The number of aromatic nitrogens is 1. The van der Waals surface area contributed by atoms with Crippen LogP contribution in [0.1, 0.15) is 48.3 Å². The van der Waals surface area contributed by atoms with Gasteiger partial charge in [0.05, 0.1) is 11.3 Å². The van der Waals surface area contributed by atoms with Gasteiger partial charge in [0.25, 0.3) is 0 Å². The Morgan fingerprint density at radius 3 is 2.60 bits per heavy atom. The van der Waals surface area contributed by atoms with Crippen molar-refractivity contribution < 1.29 is 0 Å². The number of nitriles is 1. The predicted molar refractivity (Wildman–Crippen MR) is 59.8 cm³/mol. The Kier molecular flexibility index (Phi) is 2.08. The van der Waals surface area contributed by atoms with Crippen molar-refractivity contribution in [1.82, 2.24) is 4.98 Å². The summed E-state index contributed by atoms with van der Waals surface area (Å²) >= 11 is 0. The van der Waals surface area contributed by atoms with E-state index < -0.39 is 0 Å². The number of hydrogen-bond donors (Lipinski definition) is 0. The van der Waals surface area contributed by atoms with Gasteiger partial charge in [0, 0.05) is 5.69 Å². The van der Waals surface area contributed by atoms with Gasteiger partial charge in [-0.2, -0.15) is 5.26 Å². The van der Waals surface area contributed by atoms with Crippen molar-refractivity contribution in [2.75, 3.05) is 0 Å². The lowest BCUT2D eigenvalue weighted by Gasteiger charge is -2.21. The molecule has 0 aromatic carbocycles. The molecule has 1 heterocycles. The fourth-order valence-electron chi connectivity index (χ4n) is 2.73. The zero-order chi connectivity index (χ0) is 11.2. The van der Waals surface area contributed by atoms with Crippen LogP contribution in [0.15, 0.2) is 0 Å². The second-order valence-electron chi connectivity index (χ2n) is 5.01. The standard InChI is InChI=1S/C13H16N2/c1-8-10(7-14)9(2)15-11-5-6-13(3,4)12(8)11/h5-6H2,1-4H3. The lowest BCUT2D eigenvalue weighted by molar-refractivity contribution is 0.520. The summed E-state index contributed by atoms with van der Waals surface area (Å²) in [5, 5.41) is 9.11. The number of nitrogens with zero attached hydrogens (tertiary/aromatic N) is 2. The van der Waals surface area contributed by atoms with E-state index in [0.29, 0.717) is 0 Å². The van der Waals surface area contributed by atoms with Crippen molar-refractivity contribution in [2.45, 2.75) is 46.0 Å². The Bertz CT molecular complexity index is 464. The van der Waals surface area contributed by atoms with Gasteiger partial charge in [-0.25, -0.2) is 0 Å². The summed E-state index contributed by atoms with van der Waals surface area (Å²) in [5.74, 6) is 0. The molecule has 0 saturated carbocycles. The first-order valence-electron chi connectivity index (χ1n) is 5.38. The molecule has 0 radical (unpaired) electrons. The first-order chi connectivity index (χ1) is 6.97. The van der Waals surface area contributed by atoms with Crippen molar-refractivity contribution in [2.24, 2.45) is 0 Å². The topological polar surface area (TPSA) is 36.7 Å². The molecule has 0 fully saturated rings. The third-order valence-electron chi connectivity index (χ3n) is 3.48. The molecule has 0 saturated heterocycles. The number of hydrogen-bond acceptors (Lipinski definition) is 2. The minimum absolute atomic E-state index is 0.186. The van der Waals surface area contributed by atoms with Crippen LogP contribution in [-0.2, 0) is 11.8 Å². The van der Waals surface area contributed by atoms with Crippen LogP contribution in [0.5, 0.6) is 0 Å². The molecule has 78 valence electrons. The fourth-order valence-corrected chi connectivity index (χ4v) is 2.73. The maximum atomic E-state index is 9.11. The normalized spacial score (nSPS) is 17.3. The fraction of sp³-hybridized carbons (Fsp3) is 0.538. The van der Waals surface area contributed by atoms with Crippen LogP contribution in [-0.4, -0.2) is 4.98 Å². The summed E-state index contributed by atoms with van der Waals surface area (Å²) in [6.07, 6.45) is 2.19. The van der Waals surface area contributed by atoms with Gasteiger partial charge in [-0.05, 0) is 43.2 Å². The van der Waals surface area contributed by atoms with E-state index in [1.54, 1.807) is 0 Å².